The molecule has 3 atom stereocenters. The van der Waals surface area contributed by atoms with Crippen molar-refractivity contribution < 1.29 is 24.0 Å². The first kappa shape index (κ1) is 23.2. The van der Waals surface area contributed by atoms with E-state index in [-0.39, 0.29) is 23.7 Å². The zero-order valence-corrected chi connectivity index (χ0v) is 18.4. The number of ether oxygens (including phenoxy) is 1. The van der Waals surface area contributed by atoms with Crippen LogP contribution in [0.2, 0.25) is 0 Å². The van der Waals surface area contributed by atoms with Crippen molar-refractivity contribution in [2.24, 2.45) is 0 Å². The van der Waals surface area contributed by atoms with Crippen LogP contribution in [0.4, 0.5) is 0 Å². The molecule has 0 saturated carbocycles. The van der Waals surface area contributed by atoms with Crippen LogP contribution in [0.25, 0.3) is 0 Å². The molecular formula is C20H27N5O5S. The number of rotatable bonds is 8. The Hall–Kier alpha value is -2.50. The zero-order valence-electron chi connectivity index (χ0n) is 17.6. The Labute approximate surface area is 185 Å². The van der Waals surface area contributed by atoms with Crippen molar-refractivity contribution in [3.05, 3.63) is 36.4 Å². The number of hydrogen-bond donors (Lipinski definition) is 2. The third-order valence-electron chi connectivity index (χ3n) is 4.89. The molecule has 3 rings (SSSR count). The number of unbranched alkanes of at least 4 members (excludes halogenated alkanes) is 1. The van der Waals surface area contributed by atoms with Crippen molar-refractivity contribution in [2.75, 3.05) is 18.8 Å². The van der Waals surface area contributed by atoms with Gasteiger partial charge in [0.25, 0.3) is 0 Å². The van der Waals surface area contributed by atoms with Crippen LogP contribution in [0.5, 0.6) is 0 Å². The molecule has 2 fully saturated rings. The van der Waals surface area contributed by atoms with Crippen molar-refractivity contribution in [3.8, 4) is 0 Å². The van der Waals surface area contributed by atoms with E-state index in [9.17, 15) is 14.4 Å². The van der Waals surface area contributed by atoms with Gasteiger partial charge in [0.1, 0.15) is 11.9 Å². The highest BCUT2D eigenvalue weighted by Gasteiger charge is 2.41. The summed E-state index contributed by atoms with van der Waals surface area (Å²) in [4.78, 5) is 50.3. The summed E-state index contributed by atoms with van der Waals surface area (Å²) in [5.41, 5.74) is 0. The van der Waals surface area contributed by atoms with E-state index in [1.807, 2.05) is 13.8 Å². The fraction of sp³-hybridized carbons (Fsp3) is 0.550. The van der Waals surface area contributed by atoms with Gasteiger partial charge in [0.2, 0.25) is 11.0 Å². The van der Waals surface area contributed by atoms with Crippen LogP contribution in [-0.4, -0.2) is 62.8 Å². The normalized spacial score (nSPS) is 26.6. The summed E-state index contributed by atoms with van der Waals surface area (Å²) in [5.74, 6) is -0.853. The highest BCUT2D eigenvalue weighted by Crippen LogP contribution is 2.34. The minimum absolute atomic E-state index is 0.0423. The van der Waals surface area contributed by atoms with Gasteiger partial charge < -0.3 is 20.2 Å². The fourth-order valence-corrected chi connectivity index (χ4v) is 4.47. The molecule has 0 bridgehead atoms. The number of carbonyl (C=O) groups excluding carboxylic acids is 3. The molecule has 10 nitrogen and oxygen atoms in total. The number of hydroxylamine groups is 2. The Balaban J connectivity index is 1.59. The average molecular weight is 450 g/mol. The standard InChI is InChI=1S/C20H27N5O5S/c1-3-4-8-20(24-15(26)13-31-20)29-16(27)6-7-17(28)30-25-12-11-21-14(2)18(25)19-22-9-5-10-23-19/h5-7,9-10,14,18,21H,3-4,8,11-13H2,1-2H3,(H,24,26)/b7-6-. The maximum absolute atomic E-state index is 12.3. The van der Waals surface area contributed by atoms with Crippen molar-refractivity contribution >= 4 is 29.6 Å². The fourth-order valence-electron chi connectivity index (χ4n) is 3.42. The molecule has 2 N–H and O–H groups in total. The summed E-state index contributed by atoms with van der Waals surface area (Å²) in [6.07, 6.45) is 7.49. The summed E-state index contributed by atoms with van der Waals surface area (Å²) in [6, 6.07) is 1.31. The van der Waals surface area contributed by atoms with E-state index in [0.717, 1.165) is 25.0 Å². The average Bonchev–Trinajstić information content (AvgIpc) is 3.12. The van der Waals surface area contributed by atoms with E-state index in [4.69, 9.17) is 9.57 Å². The maximum Gasteiger partial charge on any atom is 0.349 e. The van der Waals surface area contributed by atoms with Gasteiger partial charge in [0.05, 0.1) is 5.75 Å². The lowest BCUT2D eigenvalue weighted by Gasteiger charge is -2.37. The summed E-state index contributed by atoms with van der Waals surface area (Å²) in [7, 11) is 0. The molecule has 0 radical (unpaired) electrons. The molecule has 0 aliphatic carbocycles. The highest BCUT2D eigenvalue weighted by molar-refractivity contribution is 8.01. The number of nitrogens with zero attached hydrogens (tertiary/aromatic N) is 3. The second-order valence-corrected chi connectivity index (χ2v) is 8.53. The summed E-state index contributed by atoms with van der Waals surface area (Å²) < 4.78 is 5.47. The van der Waals surface area contributed by atoms with Crippen LogP contribution < -0.4 is 10.6 Å². The van der Waals surface area contributed by atoms with Gasteiger partial charge in [-0.05, 0) is 19.4 Å². The molecule has 31 heavy (non-hydrogen) atoms. The summed E-state index contributed by atoms with van der Waals surface area (Å²) in [5, 5.41) is 6.46. The SMILES string of the molecule is CCCCC1(OC(=O)/C=C\C(=O)ON2CCNC(C)C2c2ncccn2)NC(=O)CS1. The first-order valence-electron chi connectivity index (χ1n) is 10.3. The van der Waals surface area contributed by atoms with E-state index >= 15 is 0 Å². The molecule has 0 spiro atoms. The summed E-state index contributed by atoms with van der Waals surface area (Å²) >= 11 is 1.24. The van der Waals surface area contributed by atoms with E-state index in [1.54, 1.807) is 18.5 Å². The Bertz CT molecular complexity index is 823. The lowest BCUT2D eigenvalue weighted by Crippen LogP contribution is -2.52. The number of thioether (sulfide) groups is 1. The molecule has 0 aromatic carbocycles. The van der Waals surface area contributed by atoms with Gasteiger partial charge in [-0.15, -0.1) is 5.06 Å². The largest absolute Gasteiger partial charge is 0.426 e. The smallest absolute Gasteiger partial charge is 0.349 e. The second-order valence-electron chi connectivity index (χ2n) is 7.29. The molecule has 2 saturated heterocycles. The van der Waals surface area contributed by atoms with Crippen molar-refractivity contribution in [1.82, 2.24) is 25.7 Å². The first-order valence-corrected chi connectivity index (χ1v) is 11.3. The zero-order chi connectivity index (χ0) is 22.3. The Morgan fingerprint density at radius 2 is 2.06 bits per heavy atom. The molecule has 11 heteroatoms. The minimum atomic E-state index is -1.08. The number of hydrogen-bond acceptors (Lipinski definition) is 10. The van der Waals surface area contributed by atoms with Crippen molar-refractivity contribution in [2.45, 2.75) is 50.3 Å². The molecule has 168 valence electrons. The van der Waals surface area contributed by atoms with Crippen molar-refractivity contribution in [1.29, 1.82) is 0 Å². The Kier molecular flexibility index (Phi) is 7.99. The van der Waals surface area contributed by atoms with Crippen molar-refractivity contribution in [3.63, 3.8) is 0 Å². The molecule has 1 aromatic rings. The van der Waals surface area contributed by atoms with Crippen LogP contribution in [-0.2, 0) is 24.0 Å². The van der Waals surface area contributed by atoms with Gasteiger partial charge in [0, 0.05) is 50.1 Å². The Morgan fingerprint density at radius 3 is 2.74 bits per heavy atom. The number of piperazine rings is 1. The van der Waals surface area contributed by atoms with Crippen LogP contribution in [0.3, 0.4) is 0 Å². The number of esters is 1. The molecule has 1 aromatic heterocycles. The minimum Gasteiger partial charge on any atom is -0.426 e. The predicted octanol–water partition coefficient (Wildman–Crippen LogP) is 1.08. The molecule has 2 aliphatic heterocycles. The second kappa shape index (κ2) is 10.7. The molecule has 2 aliphatic rings. The van der Waals surface area contributed by atoms with Gasteiger partial charge in [-0.25, -0.2) is 19.6 Å². The van der Waals surface area contributed by atoms with Gasteiger partial charge >= 0.3 is 11.9 Å². The lowest BCUT2D eigenvalue weighted by molar-refractivity contribution is -0.206. The lowest BCUT2D eigenvalue weighted by atomic mass is 10.1. The third kappa shape index (κ3) is 6.25. The van der Waals surface area contributed by atoms with Gasteiger partial charge in [-0.3, -0.25) is 4.79 Å². The number of carbonyl (C=O) groups is 3. The topological polar surface area (TPSA) is 123 Å². The quantitative estimate of drug-likeness (QED) is 0.440. The summed E-state index contributed by atoms with van der Waals surface area (Å²) in [6.45, 7) is 5.04. The molecule has 3 heterocycles. The molecule has 1 amide bonds. The maximum atomic E-state index is 12.3. The monoisotopic (exact) mass is 449 g/mol. The third-order valence-corrected chi connectivity index (χ3v) is 6.15. The highest BCUT2D eigenvalue weighted by atomic mass is 32.2. The van der Waals surface area contributed by atoms with Crippen LogP contribution in [0, 0.1) is 0 Å². The van der Waals surface area contributed by atoms with Crippen LogP contribution >= 0.6 is 11.8 Å². The van der Waals surface area contributed by atoms with E-state index in [0.29, 0.717) is 25.3 Å². The van der Waals surface area contributed by atoms with E-state index in [1.165, 1.54) is 16.8 Å². The number of nitrogens with one attached hydrogen (secondary N) is 2. The molecular weight excluding hydrogens is 422 g/mol. The van der Waals surface area contributed by atoms with E-state index < -0.39 is 17.0 Å². The number of aromatic nitrogens is 2. The molecule has 3 unspecified atom stereocenters. The van der Waals surface area contributed by atoms with Gasteiger partial charge in [0.15, 0.2) is 0 Å². The van der Waals surface area contributed by atoms with Gasteiger partial charge in [-0.2, -0.15) is 0 Å². The predicted molar refractivity (Wildman–Crippen MR) is 113 cm³/mol. The van der Waals surface area contributed by atoms with Crippen LogP contribution in [0.1, 0.15) is 45.0 Å². The Morgan fingerprint density at radius 1 is 1.32 bits per heavy atom. The van der Waals surface area contributed by atoms with Gasteiger partial charge in [-0.1, -0.05) is 25.1 Å². The first-order chi connectivity index (χ1) is 14.9. The van der Waals surface area contributed by atoms with E-state index in [2.05, 4.69) is 20.6 Å². The van der Waals surface area contributed by atoms with Crippen LogP contribution in [0.15, 0.2) is 30.6 Å². The number of amides is 1.